The molecule has 3 N–H and O–H groups in total. The molecule has 1 spiro atoms. The summed E-state index contributed by atoms with van der Waals surface area (Å²) in [5.74, 6) is 1.11. The summed E-state index contributed by atoms with van der Waals surface area (Å²) in [5, 5.41) is 16.9. The summed E-state index contributed by atoms with van der Waals surface area (Å²) in [6.07, 6.45) is 7.78. The summed E-state index contributed by atoms with van der Waals surface area (Å²) in [5.41, 5.74) is 2.47. The number of hydrogen-bond acceptors (Lipinski definition) is 8. The van der Waals surface area contributed by atoms with Crippen molar-refractivity contribution < 1.29 is 9.90 Å². The van der Waals surface area contributed by atoms with E-state index >= 15 is 0 Å². The highest BCUT2D eigenvalue weighted by Gasteiger charge is 2.42. The maximum Gasteiger partial charge on any atom is 0.268 e. The Morgan fingerprint density at radius 3 is 2.78 bits per heavy atom. The summed E-state index contributed by atoms with van der Waals surface area (Å²) in [4.78, 5) is 31.2. The zero-order valence-corrected chi connectivity index (χ0v) is 20.9. The Balaban J connectivity index is 1.20. The first-order valence-electron chi connectivity index (χ1n) is 13.0. The zero-order valence-electron chi connectivity index (χ0n) is 20.9. The molecule has 10 nitrogen and oxygen atoms in total. The van der Waals surface area contributed by atoms with E-state index in [2.05, 4.69) is 48.0 Å². The van der Waals surface area contributed by atoms with E-state index in [9.17, 15) is 9.90 Å². The molecular formula is C26H34N8O2. The van der Waals surface area contributed by atoms with Crippen molar-refractivity contribution in [1.82, 2.24) is 29.7 Å². The minimum Gasteiger partial charge on any atom is -0.392 e. The zero-order chi connectivity index (χ0) is 24.9. The Labute approximate surface area is 210 Å². The molecule has 36 heavy (non-hydrogen) atoms. The molecule has 3 aromatic rings. The summed E-state index contributed by atoms with van der Waals surface area (Å²) in [6.45, 7) is 8.12. The number of piperazine rings is 1. The monoisotopic (exact) mass is 490 g/mol. The average molecular weight is 491 g/mol. The SMILES string of the molecule is CC(O)CN1CCN(c2ccc(Nc3ncc4cc5n(c4n3)C3(CCCC3)CNC5=O)nc2)CC1C. The number of nitrogens with one attached hydrogen (secondary N) is 2. The number of anilines is 3. The van der Waals surface area contributed by atoms with E-state index in [1.165, 1.54) is 0 Å². The van der Waals surface area contributed by atoms with Crippen LogP contribution >= 0.6 is 0 Å². The van der Waals surface area contributed by atoms with Crippen LogP contribution in [0.5, 0.6) is 0 Å². The van der Waals surface area contributed by atoms with Crippen LogP contribution in [0.15, 0.2) is 30.6 Å². The molecule has 5 heterocycles. The lowest BCUT2D eigenvalue weighted by Gasteiger charge is -2.41. The molecular weight excluding hydrogens is 456 g/mol. The van der Waals surface area contributed by atoms with Crippen LogP contribution in [0, 0.1) is 0 Å². The van der Waals surface area contributed by atoms with Gasteiger partial charge in [0.25, 0.3) is 5.91 Å². The predicted octanol–water partition coefficient (Wildman–Crippen LogP) is 2.47. The number of aliphatic hydroxyl groups excluding tert-OH is 1. The summed E-state index contributed by atoms with van der Waals surface area (Å²) in [7, 11) is 0. The second-order valence-electron chi connectivity index (χ2n) is 10.6. The van der Waals surface area contributed by atoms with Crippen LogP contribution in [0.4, 0.5) is 17.5 Å². The fraction of sp³-hybridized carbons (Fsp3) is 0.538. The van der Waals surface area contributed by atoms with E-state index in [0.29, 0.717) is 36.6 Å². The molecule has 2 unspecified atom stereocenters. The summed E-state index contributed by atoms with van der Waals surface area (Å²) in [6, 6.07) is 6.30. The number of aromatic nitrogens is 4. The van der Waals surface area contributed by atoms with Crippen LogP contribution in [0.3, 0.4) is 0 Å². The Kier molecular flexibility index (Phi) is 5.80. The lowest BCUT2D eigenvalue weighted by Crippen LogP contribution is -2.53. The van der Waals surface area contributed by atoms with Gasteiger partial charge in [-0.3, -0.25) is 9.69 Å². The number of amides is 1. The average Bonchev–Trinajstić information content (AvgIpc) is 3.49. The number of β-amino-alcohol motifs (C(OH)–C–C–N with tert-alkyl or cyclic N) is 1. The second kappa shape index (κ2) is 9.01. The molecule has 2 fully saturated rings. The third-order valence-electron chi connectivity index (χ3n) is 7.98. The third kappa shape index (κ3) is 4.08. The quantitative estimate of drug-likeness (QED) is 0.500. The first-order valence-corrected chi connectivity index (χ1v) is 13.0. The van der Waals surface area contributed by atoms with Gasteiger partial charge in [-0.05, 0) is 44.9 Å². The third-order valence-corrected chi connectivity index (χ3v) is 7.98. The number of pyridine rings is 1. The van der Waals surface area contributed by atoms with Gasteiger partial charge in [0.15, 0.2) is 0 Å². The van der Waals surface area contributed by atoms with Gasteiger partial charge in [0.2, 0.25) is 5.95 Å². The highest BCUT2D eigenvalue weighted by atomic mass is 16.3. The van der Waals surface area contributed by atoms with Crippen molar-refractivity contribution >= 4 is 34.4 Å². The van der Waals surface area contributed by atoms with Gasteiger partial charge in [-0.1, -0.05) is 12.8 Å². The van der Waals surface area contributed by atoms with Crippen molar-refractivity contribution in [3.63, 3.8) is 0 Å². The Bertz CT molecular complexity index is 1260. The smallest absolute Gasteiger partial charge is 0.268 e. The lowest BCUT2D eigenvalue weighted by molar-refractivity contribution is 0.0876. The van der Waals surface area contributed by atoms with Crippen LogP contribution in [-0.4, -0.2) is 80.3 Å². The van der Waals surface area contributed by atoms with E-state index < -0.39 is 0 Å². The van der Waals surface area contributed by atoms with E-state index in [4.69, 9.17) is 4.98 Å². The fourth-order valence-corrected chi connectivity index (χ4v) is 6.15. The molecule has 10 heteroatoms. The summed E-state index contributed by atoms with van der Waals surface area (Å²) >= 11 is 0. The molecule has 2 aliphatic heterocycles. The summed E-state index contributed by atoms with van der Waals surface area (Å²) < 4.78 is 2.16. The van der Waals surface area contributed by atoms with Crippen LogP contribution in [-0.2, 0) is 5.54 Å². The molecule has 3 aromatic heterocycles. The van der Waals surface area contributed by atoms with Crippen LogP contribution in [0.1, 0.15) is 50.0 Å². The highest BCUT2D eigenvalue weighted by Crippen LogP contribution is 2.41. The van der Waals surface area contributed by atoms with E-state index in [0.717, 1.165) is 62.0 Å². The second-order valence-corrected chi connectivity index (χ2v) is 10.6. The van der Waals surface area contributed by atoms with Gasteiger partial charge in [0, 0.05) is 50.3 Å². The van der Waals surface area contributed by atoms with Gasteiger partial charge in [0.05, 0.1) is 23.5 Å². The van der Waals surface area contributed by atoms with Gasteiger partial charge < -0.3 is 25.2 Å². The Morgan fingerprint density at radius 1 is 1.22 bits per heavy atom. The number of nitrogens with zero attached hydrogens (tertiary/aromatic N) is 6. The van der Waals surface area contributed by atoms with Gasteiger partial charge in [-0.2, -0.15) is 4.98 Å². The van der Waals surface area contributed by atoms with E-state index in [1.807, 2.05) is 25.3 Å². The molecule has 0 aromatic carbocycles. The number of carbonyl (C=O) groups excluding carboxylic acids is 1. The molecule has 6 rings (SSSR count). The standard InChI is InChI=1S/C26H34N8O2/c1-17-14-33(10-9-32(17)15-18(2)35)20-5-6-22(27-13-20)30-25-28-12-19-11-21-24(36)29-16-26(7-3-4-8-26)34(21)23(19)31-25/h5-6,11-13,17-18,35H,3-4,7-10,14-16H2,1-2H3,(H,29,36)(H,27,28,30,31). The highest BCUT2D eigenvalue weighted by molar-refractivity contribution is 5.99. The molecule has 1 saturated carbocycles. The predicted molar refractivity (Wildman–Crippen MR) is 139 cm³/mol. The maximum absolute atomic E-state index is 12.6. The van der Waals surface area contributed by atoms with Crippen molar-refractivity contribution in [2.75, 3.05) is 42.9 Å². The largest absolute Gasteiger partial charge is 0.392 e. The molecule has 3 aliphatic rings. The Morgan fingerprint density at radius 2 is 2.06 bits per heavy atom. The minimum absolute atomic E-state index is 0.0432. The first-order chi connectivity index (χ1) is 17.4. The maximum atomic E-state index is 12.6. The van der Waals surface area contributed by atoms with Crippen molar-refractivity contribution in [2.45, 2.75) is 57.2 Å². The molecule has 0 radical (unpaired) electrons. The van der Waals surface area contributed by atoms with E-state index in [1.54, 1.807) is 6.20 Å². The van der Waals surface area contributed by atoms with Crippen molar-refractivity contribution in [3.8, 4) is 0 Å². The van der Waals surface area contributed by atoms with E-state index in [-0.39, 0.29) is 17.6 Å². The van der Waals surface area contributed by atoms with Crippen LogP contribution in [0.25, 0.3) is 11.0 Å². The van der Waals surface area contributed by atoms with Crippen LogP contribution in [0.2, 0.25) is 0 Å². The first kappa shape index (κ1) is 23.2. The molecule has 1 amide bonds. The Hall–Kier alpha value is -3.24. The molecule has 1 aliphatic carbocycles. The number of rotatable bonds is 5. The van der Waals surface area contributed by atoms with Gasteiger partial charge in [-0.25, -0.2) is 9.97 Å². The van der Waals surface area contributed by atoms with Gasteiger partial charge >= 0.3 is 0 Å². The van der Waals surface area contributed by atoms with Gasteiger partial charge in [-0.15, -0.1) is 0 Å². The molecule has 1 saturated heterocycles. The number of carbonyl (C=O) groups is 1. The normalized spacial score (nSPS) is 22.6. The lowest BCUT2D eigenvalue weighted by atomic mass is 9.94. The van der Waals surface area contributed by atoms with Crippen LogP contribution < -0.4 is 15.5 Å². The topological polar surface area (TPSA) is 111 Å². The molecule has 0 bridgehead atoms. The van der Waals surface area contributed by atoms with Crippen molar-refractivity contribution in [1.29, 1.82) is 0 Å². The number of aliphatic hydroxyl groups is 1. The number of hydrogen-bond donors (Lipinski definition) is 3. The minimum atomic E-state index is -0.314. The number of fused-ring (bicyclic) bond motifs is 4. The van der Waals surface area contributed by atoms with Gasteiger partial charge in [0.1, 0.15) is 17.2 Å². The fourth-order valence-electron chi connectivity index (χ4n) is 6.15. The van der Waals surface area contributed by atoms with Crippen molar-refractivity contribution in [2.24, 2.45) is 0 Å². The molecule has 190 valence electrons. The van der Waals surface area contributed by atoms with Crippen molar-refractivity contribution in [3.05, 3.63) is 36.3 Å². The molecule has 2 atom stereocenters.